The Morgan fingerprint density at radius 3 is 2.62 bits per heavy atom. The second-order valence-electron chi connectivity index (χ2n) is 6.09. The van der Waals surface area contributed by atoms with Gasteiger partial charge in [-0.05, 0) is 31.5 Å². The molecule has 0 saturated carbocycles. The smallest absolute Gasteiger partial charge is 0.355 e. The summed E-state index contributed by atoms with van der Waals surface area (Å²) in [6.07, 6.45) is -0.967. The van der Waals surface area contributed by atoms with Gasteiger partial charge < -0.3 is 19.0 Å². The highest BCUT2D eigenvalue weighted by atomic mass is 19.1. The lowest BCUT2D eigenvalue weighted by molar-refractivity contribution is -0.129. The van der Waals surface area contributed by atoms with E-state index in [2.05, 4.69) is 5.32 Å². The van der Waals surface area contributed by atoms with Crippen LogP contribution in [-0.4, -0.2) is 22.5 Å². The molecule has 0 aliphatic carbocycles. The predicted octanol–water partition coefficient (Wildman–Crippen LogP) is 3.08. The molecule has 1 atom stereocenters. The molecule has 7 heteroatoms. The third-order valence-electron chi connectivity index (χ3n) is 4.10. The first-order valence-electron chi connectivity index (χ1n) is 8.14. The van der Waals surface area contributed by atoms with Crippen molar-refractivity contribution in [2.75, 3.05) is 0 Å². The number of aryl methyl sites for hydroxylation is 2. The number of benzene rings is 1. The van der Waals surface area contributed by atoms with Gasteiger partial charge in [-0.2, -0.15) is 0 Å². The third-order valence-corrected chi connectivity index (χ3v) is 4.10. The van der Waals surface area contributed by atoms with Crippen LogP contribution in [0.2, 0.25) is 0 Å². The number of carbonyl (C=O) groups is 2. The summed E-state index contributed by atoms with van der Waals surface area (Å²) in [5.41, 5.74) is 2.42. The summed E-state index contributed by atoms with van der Waals surface area (Å²) in [5.74, 6) is -0.637. The van der Waals surface area contributed by atoms with E-state index in [1.165, 1.54) is 19.1 Å². The number of aromatic nitrogens is 1. The van der Waals surface area contributed by atoms with Gasteiger partial charge in [0.2, 0.25) is 0 Å². The van der Waals surface area contributed by atoms with Gasteiger partial charge in [0.25, 0.3) is 5.91 Å². The molecule has 0 spiro atoms. The highest BCUT2D eigenvalue weighted by Gasteiger charge is 2.22. The minimum Gasteiger partial charge on any atom is -0.460 e. The molecule has 1 N–H and O–H groups in total. The summed E-state index contributed by atoms with van der Waals surface area (Å²) in [6, 6.07) is 9.20. The summed E-state index contributed by atoms with van der Waals surface area (Å²) >= 11 is 0. The molecule has 2 heterocycles. The van der Waals surface area contributed by atoms with Crippen molar-refractivity contribution in [3.05, 3.63) is 59.2 Å². The number of hydrogen-bond acceptors (Lipinski definition) is 4. The number of rotatable bonds is 5. The molecule has 0 aliphatic rings. The van der Waals surface area contributed by atoms with Gasteiger partial charge in [-0.1, -0.05) is 12.1 Å². The Morgan fingerprint density at radius 1 is 1.27 bits per heavy atom. The van der Waals surface area contributed by atoms with E-state index in [9.17, 15) is 14.0 Å². The lowest BCUT2D eigenvalue weighted by Gasteiger charge is -2.14. The number of nitrogens with one attached hydrogen (secondary N) is 1. The lowest BCUT2D eigenvalue weighted by Crippen LogP contribution is -2.35. The Balaban J connectivity index is 1.60. The van der Waals surface area contributed by atoms with Gasteiger partial charge in [0, 0.05) is 25.7 Å². The van der Waals surface area contributed by atoms with E-state index in [1.54, 1.807) is 29.8 Å². The number of nitrogens with zero attached hydrogens (tertiary/aromatic N) is 1. The Hall–Kier alpha value is -3.09. The number of furan rings is 1. The fourth-order valence-electron chi connectivity index (χ4n) is 2.64. The zero-order valence-corrected chi connectivity index (χ0v) is 14.7. The number of ether oxygens (including phenoxy) is 1. The average Bonchev–Trinajstić information content (AvgIpc) is 3.11. The Labute approximate surface area is 149 Å². The van der Waals surface area contributed by atoms with Crippen LogP contribution in [0.5, 0.6) is 0 Å². The lowest BCUT2D eigenvalue weighted by atomic mass is 10.2. The molecular formula is C19H19FN2O4. The molecule has 0 fully saturated rings. The largest absolute Gasteiger partial charge is 0.460 e. The van der Waals surface area contributed by atoms with Crippen molar-refractivity contribution in [2.24, 2.45) is 7.05 Å². The summed E-state index contributed by atoms with van der Waals surface area (Å²) in [5, 5.41) is 2.65. The molecule has 0 bridgehead atoms. The van der Waals surface area contributed by atoms with Gasteiger partial charge in [0.1, 0.15) is 17.3 Å². The van der Waals surface area contributed by atoms with Crippen molar-refractivity contribution in [1.29, 1.82) is 0 Å². The van der Waals surface area contributed by atoms with Crippen molar-refractivity contribution >= 4 is 23.0 Å². The summed E-state index contributed by atoms with van der Waals surface area (Å²) in [7, 11) is 1.73. The minimum atomic E-state index is -0.967. The number of hydrogen-bond donors (Lipinski definition) is 1. The van der Waals surface area contributed by atoms with Crippen molar-refractivity contribution in [3.63, 3.8) is 0 Å². The van der Waals surface area contributed by atoms with Crippen LogP contribution in [0.1, 0.15) is 28.7 Å². The summed E-state index contributed by atoms with van der Waals surface area (Å²) < 4.78 is 25.3. The zero-order valence-electron chi connectivity index (χ0n) is 14.7. The van der Waals surface area contributed by atoms with Gasteiger partial charge in [0.15, 0.2) is 11.7 Å². The quantitative estimate of drug-likeness (QED) is 0.712. The molecule has 26 heavy (non-hydrogen) atoms. The van der Waals surface area contributed by atoms with Crippen molar-refractivity contribution in [3.8, 4) is 0 Å². The molecule has 0 saturated heterocycles. The molecule has 3 aromatic rings. The molecule has 6 nitrogen and oxygen atoms in total. The predicted molar refractivity (Wildman–Crippen MR) is 93.0 cm³/mol. The molecule has 3 rings (SSSR count). The number of carbonyl (C=O) groups excluding carboxylic acids is 2. The number of amides is 1. The van der Waals surface area contributed by atoms with Crippen molar-refractivity contribution in [1.82, 2.24) is 9.88 Å². The minimum absolute atomic E-state index is 0.220. The fraction of sp³-hybridized carbons (Fsp3) is 0.263. The van der Waals surface area contributed by atoms with Crippen LogP contribution in [0.15, 0.2) is 40.8 Å². The molecule has 1 aromatic carbocycles. The monoisotopic (exact) mass is 358 g/mol. The van der Waals surface area contributed by atoms with Crippen LogP contribution < -0.4 is 5.32 Å². The van der Waals surface area contributed by atoms with E-state index in [4.69, 9.17) is 9.15 Å². The standard InChI is InChI=1S/C19H19FN2O4/c1-11-8-15-17(25-11)9-16(22(15)3)19(24)26-12(2)18(23)21-10-13-4-6-14(20)7-5-13/h4-9,12H,10H2,1-3H3,(H,21,23). The Bertz CT molecular complexity index is 956. The van der Waals surface area contributed by atoms with E-state index in [1.807, 2.05) is 13.0 Å². The zero-order chi connectivity index (χ0) is 18.8. The summed E-state index contributed by atoms with van der Waals surface area (Å²) in [6.45, 7) is 3.54. The van der Waals surface area contributed by atoms with Crippen LogP contribution in [0.3, 0.4) is 0 Å². The molecule has 0 aliphatic heterocycles. The maximum Gasteiger partial charge on any atom is 0.355 e. The van der Waals surface area contributed by atoms with Crippen molar-refractivity contribution < 1.29 is 23.1 Å². The van der Waals surface area contributed by atoms with Gasteiger partial charge in [-0.15, -0.1) is 0 Å². The Morgan fingerprint density at radius 2 is 1.96 bits per heavy atom. The van der Waals surface area contributed by atoms with Gasteiger partial charge >= 0.3 is 5.97 Å². The van der Waals surface area contributed by atoms with E-state index < -0.39 is 18.0 Å². The second-order valence-corrected chi connectivity index (χ2v) is 6.09. The second kappa shape index (κ2) is 7.03. The molecule has 2 aromatic heterocycles. The number of halogens is 1. The van der Waals surface area contributed by atoms with E-state index in [0.29, 0.717) is 11.3 Å². The third kappa shape index (κ3) is 3.61. The van der Waals surface area contributed by atoms with Crippen molar-refractivity contribution in [2.45, 2.75) is 26.5 Å². The van der Waals surface area contributed by atoms with Gasteiger partial charge in [0.05, 0.1) is 5.52 Å². The summed E-state index contributed by atoms with van der Waals surface area (Å²) in [4.78, 5) is 24.5. The molecule has 136 valence electrons. The average molecular weight is 358 g/mol. The van der Waals surface area contributed by atoms with Crippen LogP contribution in [0, 0.1) is 12.7 Å². The molecule has 1 unspecified atom stereocenters. The SMILES string of the molecule is Cc1cc2c(cc(C(=O)OC(C)C(=O)NCc3ccc(F)cc3)n2C)o1. The molecule has 0 radical (unpaired) electrons. The van der Waals surface area contributed by atoms with E-state index >= 15 is 0 Å². The van der Waals surface area contributed by atoms with Crippen LogP contribution in [0.4, 0.5) is 4.39 Å². The first kappa shape index (κ1) is 17.7. The topological polar surface area (TPSA) is 73.5 Å². The van der Waals surface area contributed by atoms with Crippen LogP contribution in [-0.2, 0) is 23.1 Å². The van der Waals surface area contributed by atoms with Gasteiger partial charge in [-0.3, -0.25) is 4.79 Å². The highest BCUT2D eigenvalue weighted by Crippen LogP contribution is 2.23. The maximum absolute atomic E-state index is 12.9. The Kier molecular flexibility index (Phi) is 4.79. The first-order chi connectivity index (χ1) is 12.3. The molecule has 1 amide bonds. The van der Waals surface area contributed by atoms with E-state index in [0.717, 1.165) is 16.8 Å². The van der Waals surface area contributed by atoms with Crippen LogP contribution >= 0.6 is 0 Å². The number of esters is 1. The number of fused-ring (bicyclic) bond motifs is 1. The van der Waals surface area contributed by atoms with Crippen LogP contribution in [0.25, 0.3) is 11.1 Å². The van der Waals surface area contributed by atoms with E-state index in [-0.39, 0.29) is 12.4 Å². The fourth-order valence-corrected chi connectivity index (χ4v) is 2.64. The first-order valence-corrected chi connectivity index (χ1v) is 8.14. The normalized spacial score (nSPS) is 12.2. The maximum atomic E-state index is 12.9. The highest BCUT2D eigenvalue weighted by molar-refractivity contribution is 5.95. The van der Waals surface area contributed by atoms with Gasteiger partial charge in [-0.25, -0.2) is 9.18 Å². The molecular weight excluding hydrogens is 339 g/mol.